The molecular formula is C19H20N2O4S. The van der Waals surface area contributed by atoms with Gasteiger partial charge in [-0.1, -0.05) is 42.5 Å². The van der Waals surface area contributed by atoms with Crippen molar-refractivity contribution in [2.24, 2.45) is 5.92 Å². The smallest absolute Gasteiger partial charge is 0.308 e. The highest BCUT2D eigenvalue weighted by molar-refractivity contribution is 8.00. The molecule has 136 valence electrons. The van der Waals surface area contributed by atoms with Gasteiger partial charge in [0.2, 0.25) is 11.8 Å². The molecule has 0 bridgehead atoms. The van der Waals surface area contributed by atoms with E-state index in [4.69, 9.17) is 0 Å². The molecule has 2 N–H and O–H groups in total. The Labute approximate surface area is 155 Å². The molecule has 0 radical (unpaired) electrons. The standard InChI is InChI=1S/C19H20N2O4S/c22-17(10-21-12-26-11-18(21)23)20-9-15(19(24)25)8-14-6-3-5-13-4-1-2-7-16(13)14/h1-7,15H,8-12H2,(H,20,22)(H,24,25). The van der Waals surface area contributed by atoms with Crippen molar-refractivity contribution in [3.05, 3.63) is 48.0 Å². The van der Waals surface area contributed by atoms with Gasteiger partial charge in [-0.25, -0.2) is 0 Å². The van der Waals surface area contributed by atoms with Gasteiger partial charge in [-0.15, -0.1) is 11.8 Å². The number of carboxylic acids is 1. The zero-order valence-electron chi connectivity index (χ0n) is 14.2. The van der Waals surface area contributed by atoms with Crippen LogP contribution in [0.2, 0.25) is 0 Å². The van der Waals surface area contributed by atoms with E-state index in [-0.39, 0.29) is 24.9 Å². The summed E-state index contributed by atoms with van der Waals surface area (Å²) in [5.74, 6) is -1.17. The fraction of sp³-hybridized carbons (Fsp3) is 0.316. The third-order valence-electron chi connectivity index (χ3n) is 4.40. The summed E-state index contributed by atoms with van der Waals surface area (Å²) in [6.45, 7) is 0.0129. The first-order valence-electron chi connectivity index (χ1n) is 8.36. The van der Waals surface area contributed by atoms with E-state index in [9.17, 15) is 19.5 Å². The van der Waals surface area contributed by atoms with Crippen LogP contribution in [0.1, 0.15) is 5.56 Å². The molecule has 26 heavy (non-hydrogen) atoms. The first-order chi connectivity index (χ1) is 12.5. The highest BCUT2D eigenvalue weighted by Crippen LogP contribution is 2.21. The van der Waals surface area contributed by atoms with Crippen LogP contribution in [0.3, 0.4) is 0 Å². The molecule has 0 spiro atoms. The summed E-state index contributed by atoms with van der Waals surface area (Å²) in [5, 5.41) is 14.3. The number of benzene rings is 2. The van der Waals surface area contributed by atoms with Gasteiger partial charge >= 0.3 is 5.97 Å². The Morgan fingerprint density at radius 1 is 1.19 bits per heavy atom. The van der Waals surface area contributed by atoms with Crippen LogP contribution in [0.15, 0.2) is 42.5 Å². The topological polar surface area (TPSA) is 86.7 Å². The highest BCUT2D eigenvalue weighted by Gasteiger charge is 2.24. The van der Waals surface area contributed by atoms with Crippen molar-refractivity contribution in [2.75, 3.05) is 24.7 Å². The Bertz CT molecular complexity index is 834. The number of nitrogens with one attached hydrogen (secondary N) is 1. The van der Waals surface area contributed by atoms with Crippen LogP contribution in [-0.2, 0) is 20.8 Å². The Hall–Kier alpha value is -2.54. The average Bonchev–Trinajstić information content (AvgIpc) is 3.03. The lowest BCUT2D eigenvalue weighted by atomic mass is 9.95. The average molecular weight is 372 g/mol. The van der Waals surface area contributed by atoms with E-state index in [2.05, 4.69) is 5.32 Å². The van der Waals surface area contributed by atoms with Gasteiger partial charge in [-0.05, 0) is 22.8 Å². The Morgan fingerprint density at radius 2 is 1.96 bits per heavy atom. The van der Waals surface area contributed by atoms with Crippen molar-refractivity contribution in [3.8, 4) is 0 Å². The van der Waals surface area contributed by atoms with Gasteiger partial charge < -0.3 is 15.3 Å². The minimum atomic E-state index is -0.953. The lowest BCUT2D eigenvalue weighted by Gasteiger charge is -2.17. The van der Waals surface area contributed by atoms with Gasteiger partial charge in [0, 0.05) is 6.54 Å². The van der Waals surface area contributed by atoms with Crippen LogP contribution in [0, 0.1) is 5.92 Å². The van der Waals surface area contributed by atoms with Crippen LogP contribution in [-0.4, -0.2) is 52.5 Å². The normalized spacial score (nSPS) is 15.2. The summed E-state index contributed by atoms with van der Waals surface area (Å²) in [6, 6.07) is 13.6. The first kappa shape index (κ1) is 18.3. The fourth-order valence-electron chi connectivity index (χ4n) is 2.99. The molecule has 1 unspecified atom stereocenters. The quantitative estimate of drug-likeness (QED) is 0.773. The van der Waals surface area contributed by atoms with Gasteiger partial charge in [0.15, 0.2) is 0 Å². The maximum Gasteiger partial charge on any atom is 0.308 e. The zero-order valence-corrected chi connectivity index (χ0v) is 15.0. The van der Waals surface area contributed by atoms with Crippen molar-refractivity contribution in [2.45, 2.75) is 6.42 Å². The number of hydrogen-bond acceptors (Lipinski definition) is 4. The minimum Gasteiger partial charge on any atom is -0.481 e. The van der Waals surface area contributed by atoms with Gasteiger partial charge in [-0.2, -0.15) is 0 Å². The van der Waals surface area contributed by atoms with E-state index < -0.39 is 11.9 Å². The molecule has 1 aliphatic rings. The zero-order chi connectivity index (χ0) is 18.5. The van der Waals surface area contributed by atoms with Crippen molar-refractivity contribution in [3.63, 3.8) is 0 Å². The second kappa shape index (κ2) is 8.23. The molecule has 1 saturated heterocycles. The first-order valence-corrected chi connectivity index (χ1v) is 9.51. The summed E-state index contributed by atoms with van der Waals surface area (Å²) >= 11 is 1.47. The molecule has 2 aromatic rings. The molecule has 0 aliphatic carbocycles. The predicted molar refractivity (Wildman–Crippen MR) is 101 cm³/mol. The van der Waals surface area contributed by atoms with E-state index in [0.29, 0.717) is 18.1 Å². The maximum atomic E-state index is 12.0. The van der Waals surface area contributed by atoms with Gasteiger partial charge in [-0.3, -0.25) is 14.4 Å². The number of fused-ring (bicyclic) bond motifs is 1. The monoisotopic (exact) mass is 372 g/mol. The minimum absolute atomic E-state index is 0.0214. The number of thioether (sulfide) groups is 1. The second-order valence-corrected chi connectivity index (χ2v) is 7.21. The second-order valence-electron chi connectivity index (χ2n) is 6.25. The number of nitrogens with zero attached hydrogens (tertiary/aromatic N) is 1. The van der Waals surface area contributed by atoms with Crippen molar-refractivity contribution in [1.82, 2.24) is 10.2 Å². The third kappa shape index (κ3) is 4.35. The molecule has 3 rings (SSSR count). The van der Waals surface area contributed by atoms with E-state index >= 15 is 0 Å². The summed E-state index contributed by atoms with van der Waals surface area (Å²) in [4.78, 5) is 36.7. The number of carbonyl (C=O) groups excluding carboxylic acids is 2. The molecule has 1 atom stereocenters. The van der Waals surface area contributed by atoms with E-state index in [1.807, 2.05) is 42.5 Å². The van der Waals surface area contributed by atoms with Gasteiger partial charge in [0.25, 0.3) is 0 Å². The van der Waals surface area contributed by atoms with Crippen molar-refractivity contribution < 1.29 is 19.5 Å². The molecule has 1 aliphatic heterocycles. The molecule has 1 heterocycles. The van der Waals surface area contributed by atoms with Crippen molar-refractivity contribution in [1.29, 1.82) is 0 Å². The van der Waals surface area contributed by atoms with Gasteiger partial charge in [0.05, 0.1) is 17.5 Å². The van der Waals surface area contributed by atoms with E-state index in [1.54, 1.807) is 0 Å². The summed E-state index contributed by atoms with van der Waals surface area (Å²) in [7, 11) is 0. The molecule has 6 nitrogen and oxygen atoms in total. The van der Waals surface area contributed by atoms with E-state index in [1.165, 1.54) is 16.7 Å². The maximum absolute atomic E-state index is 12.0. The van der Waals surface area contributed by atoms with E-state index in [0.717, 1.165) is 16.3 Å². The Morgan fingerprint density at radius 3 is 2.69 bits per heavy atom. The molecule has 2 amide bonds. The van der Waals surface area contributed by atoms with Crippen LogP contribution in [0.4, 0.5) is 0 Å². The number of amides is 2. The Balaban J connectivity index is 1.63. The molecule has 0 aromatic heterocycles. The lowest BCUT2D eigenvalue weighted by molar-refractivity contribution is -0.142. The van der Waals surface area contributed by atoms with Crippen LogP contribution < -0.4 is 5.32 Å². The number of aliphatic carboxylic acids is 1. The van der Waals surface area contributed by atoms with Crippen LogP contribution in [0.25, 0.3) is 10.8 Å². The number of carboxylic acid groups (broad SMARTS) is 1. The third-order valence-corrected chi connectivity index (χ3v) is 5.35. The lowest BCUT2D eigenvalue weighted by Crippen LogP contribution is -2.41. The molecule has 7 heteroatoms. The number of carbonyl (C=O) groups is 3. The SMILES string of the molecule is O=C(CN1CSCC1=O)NCC(Cc1cccc2ccccc12)C(=O)O. The van der Waals surface area contributed by atoms with Crippen LogP contribution >= 0.6 is 11.8 Å². The number of rotatable bonds is 7. The molecular weight excluding hydrogens is 352 g/mol. The highest BCUT2D eigenvalue weighted by atomic mass is 32.2. The summed E-state index contributed by atoms with van der Waals surface area (Å²) in [6.07, 6.45) is 0.329. The van der Waals surface area contributed by atoms with Crippen molar-refractivity contribution >= 4 is 40.3 Å². The summed E-state index contributed by atoms with van der Waals surface area (Å²) < 4.78 is 0. The number of hydrogen-bond donors (Lipinski definition) is 2. The molecule has 0 saturated carbocycles. The van der Waals surface area contributed by atoms with Gasteiger partial charge in [0.1, 0.15) is 6.54 Å². The molecule has 2 aromatic carbocycles. The summed E-state index contributed by atoms with van der Waals surface area (Å²) in [5.41, 5.74) is 0.941. The predicted octanol–water partition coefficient (Wildman–Crippen LogP) is 1.73. The Kier molecular flexibility index (Phi) is 5.78. The largest absolute Gasteiger partial charge is 0.481 e. The molecule has 1 fully saturated rings. The fourth-order valence-corrected chi connectivity index (χ4v) is 3.89. The van der Waals surface area contributed by atoms with Crippen LogP contribution in [0.5, 0.6) is 0 Å².